The van der Waals surface area contributed by atoms with Crippen molar-refractivity contribution in [3.63, 3.8) is 0 Å². The molecular formula is C22H40N3O3S+. The number of unbranched alkanes of at least 4 members (excludes halogenated alkanes) is 1. The first kappa shape index (κ1) is 24.1. The molecule has 0 amide bonds. The fourth-order valence-electron chi connectivity index (χ4n) is 4.62. The quantitative estimate of drug-likeness (QED) is 0.538. The van der Waals surface area contributed by atoms with Crippen molar-refractivity contribution < 1.29 is 18.9 Å². The summed E-state index contributed by atoms with van der Waals surface area (Å²) in [6.07, 6.45) is 6.38. The van der Waals surface area contributed by atoms with Crippen LogP contribution in [-0.4, -0.2) is 45.5 Å². The van der Waals surface area contributed by atoms with Crippen LogP contribution in [0.1, 0.15) is 57.6 Å². The maximum Gasteiger partial charge on any atom is 0.279 e. The molecule has 0 fully saturated rings. The van der Waals surface area contributed by atoms with Gasteiger partial charge < -0.3 is 10.5 Å². The van der Waals surface area contributed by atoms with Gasteiger partial charge >= 0.3 is 0 Å². The molecule has 0 bridgehead atoms. The Kier molecular flexibility index (Phi) is 9.40. The van der Waals surface area contributed by atoms with Crippen molar-refractivity contribution in [1.29, 1.82) is 0 Å². The van der Waals surface area contributed by atoms with Crippen LogP contribution in [0.5, 0.6) is 5.75 Å². The number of hydrogen-bond acceptors (Lipinski definition) is 3. The standard InChI is InChI=1S/C22H39N3O3S/c1-5-8-10-17-13-18-11-9-12-22(28-4)21(18)15-19(17)14-20(16-23)24-29(26,27)25(6-2)7-3/h9,11-12,17,19-20,24H,5-8,10,13-16,23H2,1-4H3/p+1/t17-,19-,20+/m1/s1. The summed E-state index contributed by atoms with van der Waals surface area (Å²) in [5, 5.41) is 0. The Balaban J connectivity index is 2.21. The first-order valence-electron chi connectivity index (χ1n) is 11.1. The van der Waals surface area contributed by atoms with Crippen LogP contribution in [0.3, 0.4) is 0 Å². The summed E-state index contributed by atoms with van der Waals surface area (Å²) in [5.41, 5.74) is 6.72. The molecule has 7 heteroatoms. The second-order valence-corrected chi connectivity index (χ2v) is 9.80. The average Bonchev–Trinajstić information content (AvgIpc) is 2.71. The van der Waals surface area contributed by atoms with Crippen LogP contribution in [-0.2, 0) is 23.1 Å². The number of nitrogens with one attached hydrogen (secondary N) is 1. The van der Waals surface area contributed by atoms with Crippen LogP contribution < -0.4 is 15.2 Å². The van der Waals surface area contributed by atoms with Crippen LogP contribution in [0.4, 0.5) is 0 Å². The highest BCUT2D eigenvalue weighted by atomic mass is 32.2. The fourth-order valence-corrected chi connectivity index (χ4v) is 6.09. The van der Waals surface area contributed by atoms with E-state index >= 15 is 0 Å². The summed E-state index contributed by atoms with van der Waals surface area (Å²) in [6.45, 7) is 7.47. The lowest BCUT2D eigenvalue weighted by atomic mass is 9.71. The van der Waals surface area contributed by atoms with Gasteiger partial charge in [0.1, 0.15) is 5.75 Å². The number of ether oxygens (including phenoxy) is 1. The molecule has 0 aliphatic heterocycles. The van der Waals surface area contributed by atoms with Crippen LogP contribution >= 0.6 is 0 Å². The predicted molar refractivity (Wildman–Crippen MR) is 118 cm³/mol. The van der Waals surface area contributed by atoms with Crippen molar-refractivity contribution >= 4 is 10.2 Å². The third-order valence-corrected chi connectivity index (χ3v) is 8.12. The van der Waals surface area contributed by atoms with Gasteiger partial charge in [-0.15, -0.1) is 0 Å². The average molecular weight is 427 g/mol. The molecule has 0 radical (unpaired) electrons. The van der Waals surface area contributed by atoms with Gasteiger partial charge in [-0.1, -0.05) is 45.7 Å². The van der Waals surface area contributed by atoms with Gasteiger partial charge in [0.25, 0.3) is 10.2 Å². The Morgan fingerprint density at radius 3 is 2.52 bits per heavy atom. The molecule has 0 unspecified atom stereocenters. The van der Waals surface area contributed by atoms with Gasteiger partial charge in [-0.3, -0.25) is 0 Å². The second kappa shape index (κ2) is 11.3. The van der Waals surface area contributed by atoms with Crippen molar-refractivity contribution in [2.24, 2.45) is 11.8 Å². The monoisotopic (exact) mass is 426 g/mol. The van der Waals surface area contributed by atoms with E-state index in [0.717, 1.165) is 25.0 Å². The molecule has 1 aromatic carbocycles. The van der Waals surface area contributed by atoms with E-state index in [2.05, 4.69) is 29.5 Å². The van der Waals surface area contributed by atoms with E-state index in [1.165, 1.54) is 34.7 Å². The zero-order chi connectivity index (χ0) is 21.4. The normalized spacial score (nSPS) is 20.5. The van der Waals surface area contributed by atoms with Crippen molar-refractivity contribution in [3.05, 3.63) is 29.3 Å². The molecule has 0 spiro atoms. The van der Waals surface area contributed by atoms with E-state index in [1.54, 1.807) is 7.11 Å². The number of methoxy groups -OCH3 is 1. The summed E-state index contributed by atoms with van der Waals surface area (Å²) in [5.74, 6) is 1.95. The van der Waals surface area contributed by atoms with Gasteiger partial charge in [0, 0.05) is 13.1 Å². The van der Waals surface area contributed by atoms with Crippen molar-refractivity contribution in [3.8, 4) is 5.75 Å². The predicted octanol–water partition coefficient (Wildman–Crippen LogP) is 2.39. The maximum absolute atomic E-state index is 12.7. The van der Waals surface area contributed by atoms with E-state index in [-0.39, 0.29) is 6.04 Å². The molecule has 4 N–H and O–H groups in total. The summed E-state index contributed by atoms with van der Waals surface area (Å²) in [4.78, 5) is 0. The van der Waals surface area contributed by atoms with Gasteiger partial charge in [-0.2, -0.15) is 17.4 Å². The lowest BCUT2D eigenvalue weighted by Gasteiger charge is -2.36. The first-order valence-corrected chi connectivity index (χ1v) is 12.5. The number of nitrogens with zero attached hydrogens (tertiary/aromatic N) is 1. The van der Waals surface area contributed by atoms with Crippen LogP contribution in [0.15, 0.2) is 18.2 Å². The van der Waals surface area contributed by atoms with Crippen LogP contribution in [0.2, 0.25) is 0 Å². The van der Waals surface area contributed by atoms with Gasteiger partial charge in [-0.05, 0) is 54.7 Å². The summed E-state index contributed by atoms with van der Waals surface area (Å²) in [6, 6.07) is 6.18. The molecular weight excluding hydrogens is 386 g/mol. The molecule has 0 saturated heterocycles. The molecule has 0 aromatic heterocycles. The Morgan fingerprint density at radius 1 is 1.21 bits per heavy atom. The van der Waals surface area contributed by atoms with E-state index < -0.39 is 10.2 Å². The molecule has 1 aliphatic carbocycles. The summed E-state index contributed by atoms with van der Waals surface area (Å²) >= 11 is 0. The fraction of sp³-hybridized carbons (Fsp3) is 0.727. The molecule has 1 aliphatic rings. The van der Waals surface area contributed by atoms with Crippen LogP contribution in [0, 0.1) is 11.8 Å². The minimum Gasteiger partial charge on any atom is -0.496 e. The van der Waals surface area contributed by atoms with Crippen molar-refractivity contribution in [1.82, 2.24) is 9.03 Å². The Morgan fingerprint density at radius 2 is 1.93 bits per heavy atom. The number of benzene rings is 1. The topological polar surface area (TPSA) is 86.3 Å². The maximum atomic E-state index is 12.7. The van der Waals surface area contributed by atoms with Gasteiger partial charge in [0.05, 0.1) is 19.7 Å². The van der Waals surface area contributed by atoms with Crippen molar-refractivity contribution in [2.45, 2.75) is 65.3 Å². The molecule has 166 valence electrons. The third-order valence-electron chi connectivity index (χ3n) is 6.29. The van der Waals surface area contributed by atoms with E-state index in [4.69, 9.17) is 4.74 Å². The Bertz CT molecular complexity index is 735. The molecule has 29 heavy (non-hydrogen) atoms. The second-order valence-electron chi connectivity index (χ2n) is 8.10. The van der Waals surface area contributed by atoms with E-state index in [0.29, 0.717) is 31.5 Å². The number of rotatable bonds is 12. The minimum absolute atomic E-state index is 0.147. The molecule has 0 heterocycles. The Hall–Kier alpha value is -1.15. The summed E-state index contributed by atoms with van der Waals surface area (Å²) < 4.78 is 35.5. The smallest absolute Gasteiger partial charge is 0.279 e. The van der Waals surface area contributed by atoms with Gasteiger partial charge in [0.15, 0.2) is 0 Å². The SMILES string of the molecule is CCCC[C@@H]1Cc2cccc(OC)c2C[C@H]1C[C@@H](C[NH3+])NS(=O)(=O)N(CC)CC. The summed E-state index contributed by atoms with van der Waals surface area (Å²) in [7, 11) is -1.75. The zero-order valence-corrected chi connectivity index (χ0v) is 19.4. The highest BCUT2D eigenvalue weighted by molar-refractivity contribution is 7.87. The lowest BCUT2D eigenvalue weighted by Crippen LogP contribution is -2.61. The van der Waals surface area contributed by atoms with E-state index in [9.17, 15) is 8.42 Å². The molecule has 0 saturated carbocycles. The first-order chi connectivity index (χ1) is 13.9. The number of fused-ring (bicyclic) bond motifs is 1. The minimum atomic E-state index is -3.47. The highest BCUT2D eigenvalue weighted by Crippen LogP contribution is 2.39. The number of quaternary nitrogens is 1. The third kappa shape index (κ3) is 6.17. The zero-order valence-electron chi connectivity index (χ0n) is 18.6. The molecule has 2 rings (SSSR count). The number of hydrogen-bond donors (Lipinski definition) is 2. The van der Waals surface area contributed by atoms with E-state index in [1.807, 2.05) is 19.9 Å². The molecule has 3 atom stereocenters. The Labute approximate surface area is 177 Å². The largest absolute Gasteiger partial charge is 0.496 e. The molecule has 6 nitrogen and oxygen atoms in total. The van der Waals surface area contributed by atoms with Gasteiger partial charge in [0.2, 0.25) is 0 Å². The lowest BCUT2D eigenvalue weighted by molar-refractivity contribution is -0.373. The van der Waals surface area contributed by atoms with Crippen LogP contribution in [0.25, 0.3) is 0 Å². The molecule has 1 aromatic rings. The van der Waals surface area contributed by atoms with Gasteiger partial charge in [-0.25, -0.2) is 0 Å². The van der Waals surface area contributed by atoms with Crippen molar-refractivity contribution in [2.75, 3.05) is 26.7 Å². The highest BCUT2D eigenvalue weighted by Gasteiger charge is 2.33.